The Morgan fingerprint density at radius 2 is 2.12 bits per heavy atom. The molecule has 1 aliphatic carbocycles. The zero-order valence-electron chi connectivity index (χ0n) is 11.1. The van der Waals surface area contributed by atoms with E-state index in [0.29, 0.717) is 6.54 Å². The number of aryl methyl sites for hydroxylation is 1. The lowest BCUT2D eigenvalue weighted by molar-refractivity contribution is 0.707. The molecule has 0 aliphatic heterocycles. The molecule has 2 rings (SSSR count). The van der Waals surface area contributed by atoms with Gasteiger partial charge in [-0.2, -0.15) is 0 Å². The monoisotopic (exact) mass is 232 g/mol. The van der Waals surface area contributed by atoms with Crippen molar-refractivity contribution >= 4 is 5.69 Å². The van der Waals surface area contributed by atoms with Gasteiger partial charge in [0.1, 0.15) is 0 Å². The van der Waals surface area contributed by atoms with Gasteiger partial charge in [0.15, 0.2) is 0 Å². The number of unbranched alkanes of at least 4 members (excludes halogenated alkanes) is 1. The number of hydrogen-bond donors (Lipinski definition) is 1. The standard InChI is InChI=1S/C15H24N2/c1-3-4-10-17(14-8-9-14)15-12(2)6-5-7-13(15)11-16/h5-7,14H,3-4,8-11,16H2,1-2H3. The van der Waals surface area contributed by atoms with E-state index in [2.05, 4.69) is 36.9 Å². The lowest BCUT2D eigenvalue weighted by Crippen LogP contribution is -2.29. The summed E-state index contributed by atoms with van der Waals surface area (Å²) in [6.07, 6.45) is 5.23. The van der Waals surface area contributed by atoms with Crippen molar-refractivity contribution in [2.45, 2.75) is 52.1 Å². The van der Waals surface area contributed by atoms with Gasteiger partial charge >= 0.3 is 0 Å². The number of rotatable bonds is 6. The van der Waals surface area contributed by atoms with E-state index in [1.165, 1.54) is 49.0 Å². The van der Waals surface area contributed by atoms with Gasteiger partial charge in [-0.15, -0.1) is 0 Å². The number of benzene rings is 1. The molecule has 1 saturated carbocycles. The fourth-order valence-corrected chi connectivity index (χ4v) is 2.49. The van der Waals surface area contributed by atoms with Crippen LogP contribution in [-0.4, -0.2) is 12.6 Å². The third kappa shape index (κ3) is 2.81. The van der Waals surface area contributed by atoms with Crippen molar-refractivity contribution in [1.82, 2.24) is 0 Å². The first-order chi connectivity index (χ1) is 8.27. The molecule has 2 nitrogen and oxygen atoms in total. The molecule has 0 bridgehead atoms. The average Bonchev–Trinajstić information content (AvgIpc) is 3.15. The quantitative estimate of drug-likeness (QED) is 0.816. The molecular formula is C15H24N2. The van der Waals surface area contributed by atoms with Crippen molar-refractivity contribution in [3.63, 3.8) is 0 Å². The molecule has 0 unspecified atom stereocenters. The lowest BCUT2D eigenvalue weighted by atomic mass is 10.1. The Labute approximate surface area is 105 Å². The molecule has 0 amide bonds. The molecule has 2 heteroatoms. The maximum atomic E-state index is 5.88. The van der Waals surface area contributed by atoms with Gasteiger partial charge in [0.2, 0.25) is 0 Å². The summed E-state index contributed by atoms with van der Waals surface area (Å²) in [7, 11) is 0. The molecule has 0 radical (unpaired) electrons. The predicted molar refractivity (Wildman–Crippen MR) is 74.3 cm³/mol. The molecule has 1 fully saturated rings. The van der Waals surface area contributed by atoms with Crippen molar-refractivity contribution in [2.24, 2.45) is 5.73 Å². The summed E-state index contributed by atoms with van der Waals surface area (Å²) in [4.78, 5) is 2.60. The second-order valence-electron chi connectivity index (χ2n) is 5.06. The number of para-hydroxylation sites is 1. The molecule has 1 aromatic rings. The Morgan fingerprint density at radius 1 is 1.35 bits per heavy atom. The van der Waals surface area contributed by atoms with Crippen LogP contribution in [-0.2, 0) is 6.54 Å². The van der Waals surface area contributed by atoms with Crippen molar-refractivity contribution in [2.75, 3.05) is 11.4 Å². The molecule has 2 N–H and O–H groups in total. The van der Waals surface area contributed by atoms with E-state index in [1.807, 2.05) is 0 Å². The molecule has 0 saturated heterocycles. The van der Waals surface area contributed by atoms with Gasteiger partial charge in [-0.3, -0.25) is 0 Å². The van der Waals surface area contributed by atoms with E-state index in [1.54, 1.807) is 0 Å². The van der Waals surface area contributed by atoms with Crippen LogP contribution in [0.4, 0.5) is 5.69 Å². The topological polar surface area (TPSA) is 29.3 Å². The summed E-state index contributed by atoms with van der Waals surface area (Å²) >= 11 is 0. The maximum Gasteiger partial charge on any atom is 0.0443 e. The zero-order chi connectivity index (χ0) is 12.3. The van der Waals surface area contributed by atoms with Crippen LogP contribution in [0, 0.1) is 6.92 Å². The summed E-state index contributed by atoms with van der Waals surface area (Å²) < 4.78 is 0. The van der Waals surface area contributed by atoms with Crippen LogP contribution < -0.4 is 10.6 Å². The van der Waals surface area contributed by atoms with Crippen LogP contribution in [0.3, 0.4) is 0 Å². The molecule has 17 heavy (non-hydrogen) atoms. The smallest absolute Gasteiger partial charge is 0.0443 e. The highest BCUT2D eigenvalue weighted by atomic mass is 15.2. The largest absolute Gasteiger partial charge is 0.368 e. The summed E-state index contributed by atoms with van der Waals surface area (Å²) in [5.74, 6) is 0. The number of hydrogen-bond acceptors (Lipinski definition) is 2. The molecule has 0 atom stereocenters. The highest BCUT2D eigenvalue weighted by Gasteiger charge is 2.30. The minimum absolute atomic E-state index is 0.645. The number of nitrogens with zero attached hydrogens (tertiary/aromatic N) is 1. The first kappa shape index (κ1) is 12.4. The van der Waals surface area contributed by atoms with Crippen LogP contribution in [0.5, 0.6) is 0 Å². The molecular weight excluding hydrogens is 208 g/mol. The van der Waals surface area contributed by atoms with Gasteiger partial charge in [0.25, 0.3) is 0 Å². The van der Waals surface area contributed by atoms with Crippen molar-refractivity contribution in [1.29, 1.82) is 0 Å². The summed E-state index contributed by atoms with van der Waals surface area (Å²) in [6, 6.07) is 7.26. The molecule has 1 aromatic carbocycles. The van der Waals surface area contributed by atoms with E-state index in [9.17, 15) is 0 Å². The predicted octanol–water partition coefficient (Wildman–Crippen LogP) is 3.22. The third-order valence-electron chi connectivity index (χ3n) is 3.57. The summed E-state index contributed by atoms with van der Waals surface area (Å²) in [5, 5.41) is 0. The second kappa shape index (κ2) is 5.54. The van der Waals surface area contributed by atoms with Gasteiger partial charge < -0.3 is 10.6 Å². The van der Waals surface area contributed by atoms with Crippen molar-refractivity contribution in [3.8, 4) is 0 Å². The SMILES string of the molecule is CCCCN(c1c(C)cccc1CN)C1CC1. The lowest BCUT2D eigenvalue weighted by Gasteiger charge is -2.28. The van der Waals surface area contributed by atoms with Gasteiger partial charge in [-0.25, -0.2) is 0 Å². The Bertz CT molecular complexity index is 369. The average molecular weight is 232 g/mol. The van der Waals surface area contributed by atoms with Gasteiger partial charge in [-0.05, 0) is 37.3 Å². The minimum atomic E-state index is 0.645. The van der Waals surface area contributed by atoms with E-state index >= 15 is 0 Å². The Kier molecular flexibility index (Phi) is 4.06. The zero-order valence-corrected chi connectivity index (χ0v) is 11.1. The molecule has 0 aromatic heterocycles. The Balaban J connectivity index is 2.27. The molecule has 94 valence electrons. The van der Waals surface area contributed by atoms with Crippen LogP contribution >= 0.6 is 0 Å². The first-order valence-corrected chi connectivity index (χ1v) is 6.83. The third-order valence-corrected chi connectivity index (χ3v) is 3.57. The maximum absolute atomic E-state index is 5.88. The van der Waals surface area contributed by atoms with E-state index in [4.69, 9.17) is 5.73 Å². The highest BCUT2D eigenvalue weighted by Crippen LogP contribution is 2.35. The van der Waals surface area contributed by atoms with Gasteiger partial charge in [0.05, 0.1) is 0 Å². The van der Waals surface area contributed by atoms with Crippen LogP contribution in [0.1, 0.15) is 43.7 Å². The minimum Gasteiger partial charge on any atom is -0.368 e. The van der Waals surface area contributed by atoms with Gasteiger partial charge in [-0.1, -0.05) is 31.5 Å². The fraction of sp³-hybridized carbons (Fsp3) is 0.600. The Hall–Kier alpha value is -1.02. The van der Waals surface area contributed by atoms with Crippen LogP contribution in [0.15, 0.2) is 18.2 Å². The van der Waals surface area contributed by atoms with Crippen LogP contribution in [0.2, 0.25) is 0 Å². The van der Waals surface area contributed by atoms with Crippen molar-refractivity contribution in [3.05, 3.63) is 29.3 Å². The number of anilines is 1. The van der Waals surface area contributed by atoms with Crippen molar-refractivity contribution < 1.29 is 0 Å². The fourth-order valence-electron chi connectivity index (χ4n) is 2.49. The summed E-state index contributed by atoms with van der Waals surface area (Å²) in [5.41, 5.74) is 9.96. The van der Waals surface area contributed by atoms with Gasteiger partial charge in [0, 0.05) is 24.8 Å². The highest BCUT2D eigenvalue weighted by molar-refractivity contribution is 5.60. The number of nitrogens with two attached hydrogens (primary N) is 1. The van der Waals surface area contributed by atoms with E-state index in [-0.39, 0.29) is 0 Å². The molecule has 0 heterocycles. The van der Waals surface area contributed by atoms with E-state index in [0.717, 1.165) is 6.04 Å². The second-order valence-corrected chi connectivity index (χ2v) is 5.06. The van der Waals surface area contributed by atoms with Crippen LogP contribution in [0.25, 0.3) is 0 Å². The normalized spacial score (nSPS) is 15.0. The molecule has 1 aliphatic rings. The first-order valence-electron chi connectivity index (χ1n) is 6.83. The summed E-state index contributed by atoms with van der Waals surface area (Å²) in [6.45, 7) is 6.29. The van der Waals surface area contributed by atoms with E-state index < -0.39 is 0 Å². The Morgan fingerprint density at radius 3 is 2.71 bits per heavy atom. The molecule has 0 spiro atoms.